The van der Waals surface area contributed by atoms with Gasteiger partial charge in [-0.1, -0.05) is 82.7 Å². The fourth-order valence-electron chi connectivity index (χ4n) is 4.82. The minimum Gasteiger partial charge on any atom is -0.309 e. The van der Waals surface area contributed by atoms with Crippen LogP contribution in [0.5, 0.6) is 0 Å². The maximum Gasteiger partial charge on any atom is 0.230 e. The quantitative estimate of drug-likeness (QED) is 0.202. The number of nitrogens with zero attached hydrogens (tertiary/aromatic N) is 5. The smallest absolute Gasteiger partial charge is 0.230 e. The van der Waals surface area contributed by atoms with Crippen LogP contribution >= 0.6 is 15.9 Å². The molecule has 1 aliphatic heterocycles. The van der Waals surface area contributed by atoms with E-state index in [1.54, 1.807) is 0 Å². The molecule has 0 fully saturated rings. The van der Waals surface area contributed by atoms with Gasteiger partial charge in [0.15, 0.2) is 0 Å². The zero-order chi connectivity index (χ0) is 25.2. The minimum atomic E-state index is 0.132. The zero-order valence-corrected chi connectivity index (χ0v) is 22.1. The maximum atomic E-state index is 5.07. The van der Waals surface area contributed by atoms with Crippen molar-refractivity contribution in [1.29, 1.82) is 0 Å². The van der Waals surface area contributed by atoms with Gasteiger partial charge in [-0.3, -0.25) is 5.01 Å². The van der Waals surface area contributed by atoms with Crippen LogP contribution in [0.4, 0.5) is 11.6 Å². The largest absolute Gasteiger partial charge is 0.309 e. The summed E-state index contributed by atoms with van der Waals surface area (Å²) in [4.78, 5) is 9.42. The highest BCUT2D eigenvalue weighted by molar-refractivity contribution is 9.10. The average Bonchev–Trinajstić information content (AvgIpc) is 3.55. The Hall–Kier alpha value is -4.03. The van der Waals surface area contributed by atoms with Crippen molar-refractivity contribution in [3.63, 3.8) is 0 Å². The Labute approximate surface area is 224 Å². The van der Waals surface area contributed by atoms with Gasteiger partial charge in [-0.15, -0.1) is 0 Å². The normalized spacial score (nSPS) is 15.6. The summed E-state index contributed by atoms with van der Waals surface area (Å²) in [7, 11) is 0. The molecule has 0 aliphatic carbocycles. The summed E-state index contributed by atoms with van der Waals surface area (Å²) in [5.41, 5.74) is 7.63. The molecule has 37 heavy (non-hydrogen) atoms. The van der Waals surface area contributed by atoms with E-state index in [2.05, 4.69) is 111 Å². The van der Waals surface area contributed by atoms with Gasteiger partial charge in [0.1, 0.15) is 0 Å². The van der Waals surface area contributed by atoms with E-state index in [0.717, 1.165) is 56.9 Å². The Morgan fingerprint density at radius 3 is 2.38 bits per heavy atom. The maximum absolute atomic E-state index is 5.07. The first-order chi connectivity index (χ1) is 18.2. The molecule has 1 aliphatic rings. The number of fused-ring (bicyclic) bond motifs is 1. The lowest BCUT2D eigenvalue weighted by molar-refractivity contribution is 0.709. The van der Waals surface area contributed by atoms with Crippen LogP contribution < -0.4 is 5.01 Å². The van der Waals surface area contributed by atoms with Gasteiger partial charge in [-0.05, 0) is 60.0 Å². The third-order valence-corrected chi connectivity index (χ3v) is 7.24. The number of halogens is 1. The molecule has 0 saturated heterocycles. The van der Waals surface area contributed by atoms with Gasteiger partial charge >= 0.3 is 0 Å². The van der Waals surface area contributed by atoms with Crippen LogP contribution in [-0.2, 0) is 6.54 Å². The molecule has 6 rings (SSSR count). The molecule has 0 N–H and O–H groups in total. The summed E-state index contributed by atoms with van der Waals surface area (Å²) in [5.74, 6) is 0.722. The van der Waals surface area contributed by atoms with Crippen molar-refractivity contribution < 1.29 is 0 Å². The number of para-hydroxylation sites is 2. The lowest BCUT2D eigenvalue weighted by atomic mass is 9.98. The first-order valence-electron chi connectivity index (χ1n) is 12.5. The van der Waals surface area contributed by atoms with Gasteiger partial charge in [-0.25, -0.2) is 9.98 Å². The number of hydrazone groups is 1. The molecule has 0 spiro atoms. The van der Waals surface area contributed by atoms with Crippen LogP contribution in [0.1, 0.15) is 36.1 Å². The van der Waals surface area contributed by atoms with E-state index >= 15 is 0 Å². The number of anilines is 1. The summed E-state index contributed by atoms with van der Waals surface area (Å²) in [6.45, 7) is 2.93. The lowest BCUT2D eigenvalue weighted by Gasteiger charge is -2.24. The first kappa shape index (κ1) is 23.4. The highest BCUT2D eigenvalue weighted by Gasteiger charge is 2.29. The number of imidazole rings is 1. The number of hydrogen-bond acceptors (Lipinski definition) is 4. The van der Waals surface area contributed by atoms with Gasteiger partial charge in [0.2, 0.25) is 5.95 Å². The molecular formula is C31H26BrN5. The predicted molar refractivity (Wildman–Crippen MR) is 156 cm³/mol. The molecule has 6 heteroatoms. The monoisotopic (exact) mass is 547 g/mol. The van der Waals surface area contributed by atoms with E-state index in [9.17, 15) is 0 Å². The highest BCUT2D eigenvalue weighted by Crippen LogP contribution is 2.37. The van der Waals surface area contributed by atoms with Crippen molar-refractivity contribution in [3.05, 3.63) is 124 Å². The molecule has 0 saturated carbocycles. The topological polar surface area (TPSA) is 45.8 Å². The van der Waals surface area contributed by atoms with Gasteiger partial charge < -0.3 is 4.57 Å². The molecule has 0 bridgehead atoms. The second-order valence-corrected chi connectivity index (χ2v) is 9.94. The van der Waals surface area contributed by atoms with Crippen molar-refractivity contribution in [2.24, 2.45) is 10.1 Å². The number of hydrogen-bond donors (Lipinski definition) is 0. The minimum absolute atomic E-state index is 0.132. The van der Waals surface area contributed by atoms with Gasteiger partial charge in [-0.2, -0.15) is 5.10 Å². The molecule has 1 unspecified atom stereocenters. The third kappa shape index (κ3) is 4.72. The van der Waals surface area contributed by atoms with Crippen LogP contribution in [0.3, 0.4) is 0 Å². The summed E-state index contributed by atoms with van der Waals surface area (Å²) >= 11 is 3.56. The van der Waals surface area contributed by atoms with Gasteiger partial charge in [0, 0.05) is 23.7 Å². The van der Waals surface area contributed by atoms with E-state index in [1.807, 2.05) is 30.5 Å². The van der Waals surface area contributed by atoms with E-state index < -0.39 is 0 Å². The number of rotatable bonds is 6. The SMILES string of the molecule is CCn1c(N=Cc2ccc(N3N=C(c4ccccc4)CC3c3ccc(Br)cc3)cc2)nc2ccccc21. The highest BCUT2D eigenvalue weighted by atomic mass is 79.9. The van der Waals surface area contributed by atoms with Crippen molar-refractivity contribution in [3.8, 4) is 0 Å². The van der Waals surface area contributed by atoms with Crippen molar-refractivity contribution in [2.45, 2.75) is 25.9 Å². The predicted octanol–water partition coefficient (Wildman–Crippen LogP) is 7.93. The number of aliphatic imine (C=N–C) groups is 1. The molecule has 182 valence electrons. The Kier molecular flexibility index (Phi) is 6.41. The number of aryl methyl sites for hydroxylation is 1. The average molecular weight is 548 g/mol. The standard InChI is InChI=1S/C31H26BrN5/c1-2-36-29-11-7-6-10-27(29)34-31(36)33-21-22-12-18-26(19-13-22)37-30(24-14-16-25(32)17-15-24)20-28(35-37)23-8-4-3-5-9-23/h3-19,21,30H,2,20H2,1H3. The summed E-state index contributed by atoms with van der Waals surface area (Å²) in [6, 6.07) is 35.7. The van der Waals surface area contributed by atoms with Crippen LogP contribution in [0.2, 0.25) is 0 Å². The van der Waals surface area contributed by atoms with E-state index in [0.29, 0.717) is 0 Å². The molecule has 0 amide bonds. The van der Waals surface area contributed by atoms with Crippen molar-refractivity contribution in [1.82, 2.24) is 9.55 Å². The van der Waals surface area contributed by atoms with E-state index in [1.165, 1.54) is 5.56 Å². The number of aromatic nitrogens is 2. The third-order valence-electron chi connectivity index (χ3n) is 6.71. The summed E-state index contributed by atoms with van der Waals surface area (Å²) < 4.78 is 3.21. The van der Waals surface area contributed by atoms with Crippen LogP contribution in [0, 0.1) is 0 Å². The van der Waals surface area contributed by atoms with E-state index in [4.69, 9.17) is 15.1 Å². The van der Waals surface area contributed by atoms with Crippen LogP contribution in [-0.4, -0.2) is 21.5 Å². The zero-order valence-electron chi connectivity index (χ0n) is 20.5. The summed E-state index contributed by atoms with van der Waals surface area (Å²) in [6.07, 6.45) is 2.73. The fourth-order valence-corrected chi connectivity index (χ4v) is 5.08. The molecule has 0 radical (unpaired) electrons. The molecule has 1 atom stereocenters. The fraction of sp³-hybridized carbons (Fsp3) is 0.129. The Morgan fingerprint density at radius 1 is 0.892 bits per heavy atom. The molecular weight excluding hydrogens is 522 g/mol. The second kappa shape index (κ2) is 10.1. The second-order valence-electron chi connectivity index (χ2n) is 9.02. The molecule has 1 aromatic heterocycles. The molecule has 4 aromatic carbocycles. The first-order valence-corrected chi connectivity index (χ1v) is 13.3. The molecule has 5 aromatic rings. The Balaban J connectivity index is 1.29. The van der Waals surface area contributed by atoms with E-state index in [-0.39, 0.29) is 6.04 Å². The molecule has 5 nitrogen and oxygen atoms in total. The Morgan fingerprint density at radius 2 is 1.62 bits per heavy atom. The van der Waals surface area contributed by atoms with Crippen molar-refractivity contribution >= 4 is 50.5 Å². The van der Waals surface area contributed by atoms with Crippen LogP contribution in [0.15, 0.2) is 118 Å². The number of benzene rings is 4. The van der Waals surface area contributed by atoms with Crippen molar-refractivity contribution in [2.75, 3.05) is 5.01 Å². The molecule has 2 heterocycles. The summed E-state index contributed by atoms with van der Waals surface area (Å²) in [5, 5.41) is 7.21. The van der Waals surface area contributed by atoms with Gasteiger partial charge in [0.05, 0.1) is 28.5 Å². The Bertz CT molecular complexity index is 1590. The van der Waals surface area contributed by atoms with Crippen LogP contribution in [0.25, 0.3) is 11.0 Å². The van der Waals surface area contributed by atoms with Gasteiger partial charge in [0.25, 0.3) is 0 Å². The lowest BCUT2D eigenvalue weighted by Crippen LogP contribution is -2.18.